The fraction of sp³-hybridized carbons (Fsp3) is 0.706. The molecule has 0 radical (unpaired) electrons. The van der Waals surface area contributed by atoms with Crippen LogP contribution in [0.4, 0.5) is 10.6 Å². The molecule has 3 rings (SSSR count). The summed E-state index contributed by atoms with van der Waals surface area (Å²) in [5, 5.41) is 6.97. The second-order valence-electron chi connectivity index (χ2n) is 6.85. The van der Waals surface area contributed by atoms with Crippen LogP contribution in [0.5, 0.6) is 0 Å². The number of aromatic nitrogens is 2. The Morgan fingerprint density at radius 2 is 1.88 bits per heavy atom. The van der Waals surface area contributed by atoms with Gasteiger partial charge in [-0.2, -0.15) is 5.10 Å². The summed E-state index contributed by atoms with van der Waals surface area (Å²) in [5.74, 6) is 0.873. The van der Waals surface area contributed by atoms with Gasteiger partial charge in [0.05, 0.1) is 6.20 Å². The molecular weight excluding hydrogens is 306 g/mol. The van der Waals surface area contributed by atoms with Crippen LogP contribution in [0.3, 0.4) is 0 Å². The van der Waals surface area contributed by atoms with Gasteiger partial charge in [0.1, 0.15) is 5.82 Å². The fourth-order valence-corrected chi connectivity index (χ4v) is 3.72. The second kappa shape index (κ2) is 7.23. The predicted molar refractivity (Wildman–Crippen MR) is 91.6 cm³/mol. The number of rotatable bonds is 3. The van der Waals surface area contributed by atoms with Crippen molar-refractivity contribution in [3.8, 4) is 0 Å². The Kier molecular flexibility index (Phi) is 5.06. The number of hydrogen-bond acceptors (Lipinski definition) is 3. The van der Waals surface area contributed by atoms with Crippen molar-refractivity contribution in [3.63, 3.8) is 0 Å². The number of aryl methyl sites for hydroxylation is 1. The van der Waals surface area contributed by atoms with Crippen molar-refractivity contribution in [2.24, 2.45) is 7.05 Å². The van der Waals surface area contributed by atoms with Gasteiger partial charge in [0, 0.05) is 45.2 Å². The van der Waals surface area contributed by atoms with Gasteiger partial charge in [-0.25, -0.2) is 4.79 Å². The Labute approximate surface area is 143 Å². The zero-order chi connectivity index (χ0) is 17.1. The van der Waals surface area contributed by atoms with Gasteiger partial charge >= 0.3 is 6.03 Å². The molecule has 2 fully saturated rings. The smallest absolute Gasteiger partial charge is 0.323 e. The summed E-state index contributed by atoms with van der Waals surface area (Å²) >= 11 is 0. The van der Waals surface area contributed by atoms with Gasteiger partial charge in [0.25, 0.3) is 0 Å². The van der Waals surface area contributed by atoms with Crippen LogP contribution < -0.4 is 5.32 Å². The molecule has 2 heterocycles. The third-order valence-corrected chi connectivity index (χ3v) is 5.27. The molecule has 1 saturated heterocycles. The van der Waals surface area contributed by atoms with Gasteiger partial charge in [0.2, 0.25) is 5.91 Å². The van der Waals surface area contributed by atoms with Gasteiger partial charge in [0.15, 0.2) is 0 Å². The molecule has 7 nitrogen and oxygen atoms in total. The van der Waals surface area contributed by atoms with Crippen molar-refractivity contribution in [1.29, 1.82) is 0 Å². The molecule has 2 aliphatic rings. The minimum Gasteiger partial charge on any atom is -0.337 e. The quantitative estimate of drug-likeness (QED) is 0.922. The van der Waals surface area contributed by atoms with E-state index in [0.29, 0.717) is 18.4 Å². The molecule has 3 amide bonds. The highest BCUT2D eigenvalue weighted by Gasteiger charge is 2.33. The van der Waals surface area contributed by atoms with Crippen LogP contribution in [-0.2, 0) is 11.8 Å². The van der Waals surface area contributed by atoms with E-state index in [1.165, 1.54) is 6.42 Å². The standard InChI is InChI=1S/C17H27N5O2/c1-13(23)22(14-5-3-6-14)15-7-4-11-21(12-9-15)17(24)19-16-8-10-18-20(16)2/h8,10,14-15H,3-7,9,11-12H2,1-2H3,(H,19,24). The highest BCUT2D eigenvalue weighted by molar-refractivity contribution is 5.88. The molecule has 1 aliphatic heterocycles. The van der Waals surface area contributed by atoms with Crippen molar-refractivity contribution in [3.05, 3.63) is 12.3 Å². The van der Waals surface area contributed by atoms with Crippen LogP contribution in [0.25, 0.3) is 0 Å². The van der Waals surface area contributed by atoms with E-state index >= 15 is 0 Å². The van der Waals surface area contributed by atoms with Gasteiger partial charge < -0.3 is 9.80 Å². The minimum absolute atomic E-state index is 0.0859. The van der Waals surface area contributed by atoms with E-state index < -0.39 is 0 Å². The molecule has 1 aliphatic carbocycles. The molecule has 1 atom stereocenters. The van der Waals surface area contributed by atoms with Crippen molar-refractivity contribution in [2.45, 2.75) is 57.5 Å². The summed E-state index contributed by atoms with van der Waals surface area (Å²) in [7, 11) is 1.80. The minimum atomic E-state index is -0.0859. The zero-order valence-electron chi connectivity index (χ0n) is 14.6. The first-order valence-electron chi connectivity index (χ1n) is 8.89. The number of urea groups is 1. The summed E-state index contributed by atoms with van der Waals surface area (Å²) in [6, 6.07) is 2.38. The molecule has 0 bridgehead atoms. The monoisotopic (exact) mass is 333 g/mol. The summed E-state index contributed by atoms with van der Waals surface area (Å²) in [6.45, 7) is 3.09. The van der Waals surface area contributed by atoms with Gasteiger partial charge in [-0.15, -0.1) is 0 Å². The summed E-state index contributed by atoms with van der Waals surface area (Å²) in [4.78, 5) is 28.5. The Morgan fingerprint density at radius 3 is 2.46 bits per heavy atom. The van der Waals surface area contributed by atoms with Crippen molar-refractivity contribution >= 4 is 17.8 Å². The zero-order valence-corrected chi connectivity index (χ0v) is 14.6. The number of hydrogen-bond donors (Lipinski definition) is 1. The third kappa shape index (κ3) is 3.55. The normalized spacial score (nSPS) is 21.8. The van der Waals surface area contributed by atoms with Crippen LogP contribution >= 0.6 is 0 Å². The molecule has 24 heavy (non-hydrogen) atoms. The molecule has 1 aromatic rings. The lowest BCUT2D eigenvalue weighted by atomic mass is 9.89. The summed E-state index contributed by atoms with van der Waals surface area (Å²) < 4.78 is 1.65. The van der Waals surface area contributed by atoms with E-state index in [0.717, 1.165) is 38.6 Å². The lowest BCUT2D eigenvalue weighted by Gasteiger charge is -2.42. The van der Waals surface area contributed by atoms with Gasteiger partial charge in [-0.1, -0.05) is 0 Å². The molecule has 1 saturated carbocycles. The van der Waals surface area contributed by atoms with Crippen molar-refractivity contribution in [1.82, 2.24) is 19.6 Å². The highest BCUT2D eigenvalue weighted by Crippen LogP contribution is 2.30. The third-order valence-electron chi connectivity index (χ3n) is 5.27. The maximum atomic E-state index is 12.5. The first kappa shape index (κ1) is 16.8. The maximum absolute atomic E-state index is 12.5. The molecule has 1 aromatic heterocycles. The van der Waals surface area contributed by atoms with Crippen LogP contribution in [0.15, 0.2) is 12.3 Å². The topological polar surface area (TPSA) is 70.5 Å². The number of carbonyl (C=O) groups excluding carboxylic acids is 2. The fourth-order valence-electron chi connectivity index (χ4n) is 3.72. The molecular formula is C17H27N5O2. The highest BCUT2D eigenvalue weighted by atomic mass is 16.2. The Hall–Kier alpha value is -2.05. The number of nitrogens with zero attached hydrogens (tertiary/aromatic N) is 4. The van der Waals surface area contributed by atoms with Gasteiger partial charge in [-0.05, 0) is 38.5 Å². The molecule has 7 heteroatoms. The Balaban J connectivity index is 1.59. The summed E-state index contributed by atoms with van der Waals surface area (Å²) in [5.41, 5.74) is 0. The molecule has 1 N–H and O–H groups in total. The van der Waals surface area contributed by atoms with E-state index in [2.05, 4.69) is 15.3 Å². The SMILES string of the molecule is CC(=O)N(C1CCC1)C1CCCN(C(=O)Nc2ccnn2C)CC1. The van der Waals surface area contributed by atoms with Gasteiger partial charge in [-0.3, -0.25) is 14.8 Å². The molecule has 1 unspecified atom stereocenters. The average molecular weight is 333 g/mol. The van der Waals surface area contributed by atoms with Crippen LogP contribution in [0.1, 0.15) is 45.4 Å². The Morgan fingerprint density at radius 1 is 1.17 bits per heavy atom. The first-order valence-corrected chi connectivity index (χ1v) is 8.89. The number of likely N-dealkylation sites (tertiary alicyclic amines) is 1. The molecule has 0 spiro atoms. The van der Waals surface area contributed by atoms with E-state index in [4.69, 9.17) is 0 Å². The van der Waals surface area contributed by atoms with Crippen LogP contribution in [0, 0.1) is 0 Å². The van der Waals surface area contributed by atoms with Crippen LogP contribution in [0.2, 0.25) is 0 Å². The number of nitrogens with one attached hydrogen (secondary N) is 1. The van der Waals surface area contributed by atoms with E-state index in [-0.39, 0.29) is 18.0 Å². The second-order valence-corrected chi connectivity index (χ2v) is 6.85. The van der Waals surface area contributed by atoms with Crippen molar-refractivity contribution in [2.75, 3.05) is 18.4 Å². The Bertz CT molecular complexity index is 596. The van der Waals surface area contributed by atoms with E-state index in [9.17, 15) is 9.59 Å². The summed E-state index contributed by atoms with van der Waals surface area (Å²) in [6.07, 6.45) is 7.90. The average Bonchev–Trinajstić information content (AvgIpc) is 2.75. The van der Waals surface area contributed by atoms with Crippen LogP contribution in [-0.4, -0.2) is 56.7 Å². The first-order chi connectivity index (χ1) is 11.6. The molecule has 132 valence electrons. The number of carbonyl (C=O) groups is 2. The predicted octanol–water partition coefficient (Wildman–Crippen LogP) is 2.21. The largest absolute Gasteiger partial charge is 0.337 e. The number of amides is 3. The van der Waals surface area contributed by atoms with E-state index in [1.54, 1.807) is 30.9 Å². The maximum Gasteiger partial charge on any atom is 0.323 e. The van der Waals surface area contributed by atoms with Crippen molar-refractivity contribution < 1.29 is 9.59 Å². The molecule has 0 aromatic carbocycles. The lowest BCUT2D eigenvalue weighted by molar-refractivity contribution is -0.136. The van der Waals surface area contributed by atoms with E-state index in [1.807, 2.05) is 4.90 Å². The lowest BCUT2D eigenvalue weighted by Crippen LogP contribution is -2.49. The number of anilines is 1.